The van der Waals surface area contributed by atoms with Crippen LogP contribution in [0.5, 0.6) is 11.5 Å². The molecule has 2 rings (SSSR count). The van der Waals surface area contributed by atoms with Crippen molar-refractivity contribution < 1.29 is 19.1 Å². The van der Waals surface area contributed by atoms with Crippen molar-refractivity contribution in [3.05, 3.63) is 23.3 Å². The second-order valence-electron chi connectivity index (χ2n) is 7.12. The Kier molecular flexibility index (Phi) is 7.91. The first kappa shape index (κ1) is 21.0. The van der Waals surface area contributed by atoms with E-state index in [0.29, 0.717) is 29.2 Å². The lowest BCUT2D eigenvalue weighted by Gasteiger charge is -2.23. The van der Waals surface area contributed by atoms with Gasteiger partial charge < -0.3 is 25.0 Å². The second kappa shape index (κ2) is 10.2. The molecule has 0 saturated heterocycles. The van der Waals surface area contributed by atoms with Crippen LogP contribution in [0.1, 0.15) is 52.8 Å². The van der Waals surface area contributed by atoms with Crippen molar-refractivity contribution in [1.29, 1.82) is 0 Å². The molecule has 2 N–H and O–H groups in total. The van der Waals surface area contributed by atoms with Crippen LogP contribution >= 0.6 is 0 Å². The maximum absolute atomic E-state index is 12.8. The van der Waals surface area contributed by atoms with Crippen molar-refractivity contribution >= 4 is 11.8 Å². The molecule has 0 atom stereocenters. The number of hydrogen-bond donors (Lipinski definition) is 2. The van der Waals surface area contributed by atoms with E-state index in [2.05, 4.69) is 10.6 Å². The summed E-state index contributed by atoms with van der Waals surface area (Å²) in [4.78, 5) is 27.4. The van der Waals surface area contributed by atoms with Crippen molar-refractivity contribution in [2.75, 3.05) is 41.4 Å². The van der Waals surface area contributed by atoms with Gasteiger partial charge in [-0.25, -0.2) is 0 Å². The number of rotatable bonds is 8. The molecule has 2 amide bonds. The minimum absolute atomic E-state index is 0.176. The molecule has 0 unspecified atom stereocenters. The van der Waals surface area contributed by atoms with Gasteiger partial charge in [0, 0.05) is 25.2 Å². The molecule has 1 aromatic rings. The van der Waals surface area contributed by atoms with E-state index in [0.717, 1.165) is 32.2 Å². The number of hydrogen-bond acceptors (Lipinski definition) is 5. The molecular formula is C20H31N3O4. The Labute approximate surface area is 161 Å². The topological polar surface area (TPSA) is 79.9 Å². The highest BCUT2D eigenvalue weighted by atomic mass is 16.5. The number of nitrogens with one attached hydrogen (secondary N) is 2. The van der Waals surface area contributed by atoms with Crippen molar-refractivity contribution in [2.45, 2.75) is 38.1 Å². The van der Waals surface area contributed by atoms with Gasteiger partial charge in [-0.3, -0.25) is 9.59 Å². The minimum atomic E-state index is -0.275. The van der Waals surface area contributed by atoms with Gasteiger partial charge in [-0.2, -0.15) is 0 Å². The van der Waals surface area contributed by atoms with Crippen molar-refractivity contribution in [1.82, 2.24) is 15.5 Å². The molecule has 0 spiro atoms. The van der Waals surface area contributed by atoms with Crippen LogP contribution in [0.15, 0.2) is 12.1 Å². The standard InChI is InChI=1S/C20H31N3O4/c1-23(2)11-10-21-19(24)15-12-16(18(27-4)13-17(15)26-3)20(25)22-14-8-6-5-7-9-14/h12-14H,5-11H2,1-4H3,(H,21,24)(H,22,25). The number of amides is 2. The SMILES string of the molecule is COc1cc(OC)c(C(=O)NC2CCCCC2)cc1C(=O)NCCN(C)C. The number of methoxy groups -OCH3 is 2. The lowest BCUT2D eigenvalue weighted by atomic mass is 9.95. The Morgan fingerprint density at radius 3 is 2.15 bits per heavy atom. The fraction of sp³-hybridized carbons (Fsp3) is 0.600. The fourth-order valence-electron chi connectivity index (χ4n) is 3.25. The molecule has 1 aliphatic rings. The molecule has 0 bridgehead atoms. The first-order valence-electron chi connectivity index (χ1n) is 9.46. The van der Waals surface area contributed by atoms with Crippen molar-refractivity contribution in [3.8, 4) is 11.5 Å². The highest BCUT2D eigenvalue weighted by Gasteiger charge is 2.23. The smallest absolute Gasteiger partial charge is 0.255 e. The molecule has 27 heavy (non-hydrogen) atoms. The van der Waals surface area contributed by atoms with E-state index >= 15 is 0 Å². The molecule has 1 aliphatic carbocycles. The third kappa shape index (κ3) is 5.85. The summed E-state index contributed by atoms with van der Waals surface area (Å²) in [5.74, 6) is 0.278. The molecule has 1 saturated carbocycles. The van der Waals surface area contributed by atoms with Crippen LogP contribution in [0.2, 0.25) is 0 Å². The van der Waals surface area contributed by atoms with Crippen LogP contribution in [0.4, 0.5) is 0 Å². The summed E-state index contributed by atoms with van der Waals surface area (Å²) in [6.07, 6.45) is 5.45. The van der Waals surface area contributed by atoms with Gasteiger partial charge in [0.25, 0.3) is 11.8 Å². The molecule has 1 aromatic carbocycles. The van der Waals surface area contributed by atoms with E-state index in [1.165, 1.54) is 20.6 Å². The molecule has 7 nitrogen and oxygen atoms in total. The molecule has 7 heteroatoms. The van der Waals surface area contributed by atoms with Crippen LogP contribution < -0.4 is 20.1 Å². The Bertz CT molecular complexity index is 655. The van der Waals surface area contributed by atoms with Gasteiger partial charge in [-0.15, -0.1) is 0 Å². The van der Waals surface area contributed by atoms with Crippen LogP contribution in [-0.2, 0) is 0 Å². The van der Waals surface area contributed by atoms with Crippen molar-refractivity contribution in [2.24, 2.45) is 0 Å². The molecular weight excluding hydrogens is 346 g/mol. The molecule has 150 valence electrons. The average molecular weight is 377 g/mol. The Balaban J connectivity index is 2.22. The summed E-state index contributed by atoms with van der Waals surface area (Å²) in [7, 11) is 6.87. The van der Waals surface area contributed by atoms with Crippen LogP contribution in [0.25, 0.3) is 0 Å². The summed E-state index contributed by atoms with van der Waals surface area (Å²) >= 11 is 0. The Hall–Kier alpha value is -2.28. The molecule has 0 aliphatic heterocycles. The highest BCUT2D eigenvalue weighted by Crippen LogP contribution is 2.30. The number of carbonyl (C=O) groups excluding carboxylic acids is 2. The van der Waals surface area contributed by atoms with E-state index in [-0.39, 0.29) is 17.9 Å². The van der Waals surface area contributed by atoms with E-state index in [1.807, 2.05) is 19.0 Å². The quantitative estimate of drug-likeness (QED) is 0.725. The Morgan fingerprint density at radius 1 is 1.00 bits per heavy atom. The number of benzene rings is 1. The predicted octanol–water partition coefficient (Wildman–Crippen LogP) is 2.06. The summed E-state index contributed by atoms with van der Waals surface area (Å²) in [5, 5.41) is 5.93. The monoisotopic (exact) mass is 377 g/mol. The number of carbonyl (C=O) groups is 2. The summed E-state index contributed by atoms with van der Waals surface area (Å²) in [5.41, 5.74) is 0.674. The maximum Gasteiger partial charge on any atom is 0.255 e. The summed E-state index contributed by atoms with van der Waals surface area (Å²) in [6.45, 7) is 1.23. The minimum Gasteiger partial charge on any atom is -0.496 e. The van der Waals surface area contributed by atoms with Crippen molar-refractivity contribution in [3.63, 3.8) is 0 Å². The van der Waals surface area contributed by atoms with Gasteiger partial charge >= 0.3 is 0 Å². The average Bonchev–Trinajstić information content (AvgIpc) is 2.67. The van der Waals surface area contributed by atoms with Crippen LogP contribution in [0, 0.1) is 0 Å². The second-order valence-corrected chi connectivity index (χ2v) is 7.12. The van der Waals surface area contributed by atoms with Gasteiger partial charge in [-0.1, -0.05) is 19.3 Å². The number of ether oxygens (including phenoxy) is 2. The highest BCUT2D eigenvalue weighted by molar-refractivity contribution is 6.03. The van der Waals surface area contributed by atoms with Crippen LogP contribution in [-0.4, -0.2) is 64.2 Å². The zero-order valence-electron chi connectivity index (χ0n) is 16.8. The molecule has 0 aromatic heterocycles. The first-order chi connectivity index (χ1) is 13.0. The zero-order valence-corrected chi connectivity index (χ0v) is 16.8. The van der Waals surface area contributed by atoms with Gasteiger partial charge in [-0.05, 0) is 33.0 Å². The van der Waals surface area contributed by atoms with Gasteiger partial charge in [0.2, 0.25) is 0 Å². The molecule has 1 fully saturated rings. The first-order valence-corrected chi connectivity index (χ1v) is 9.46. The van der Waals surface area contributed by atoms with Gasteiger partial charge in [0.05, 0.1) is 25.3 Å². The van der Waals surface area contributed by atoms with E-state index in [9.17, 15) is 9.59 Å². The fourth-order valence-corrected chi connectivity index (χ4v) is 3.25. The predicted molar refractivity (Wildman–Crippen MR) is 105 cm³/mol. The number of likely N-dealkylation sites (N-methyl/N-ethyl adjacent to an activating group) is 1. The largest absolute Gasteiger partial charge is 0.496 e. The van der Waals surface area contributed by atoms with Gasteiger partial charge in [0.15, 0.2) is 0 Å². The lowest BCUT2D eigenvalue weighted by molar-refractivity contribution is 0.0924. The molecule has 0 heterocycles. The van der Waals surface area contributed by atoms with E-state index < -0.39 is 0 Å². The summed E-state index contributed by atoms with van der Waals surface area (Å²) in [6, 6.07) is 3.33. The lowest BCUT2D eigenvalue weighted by Crippen LogP contribution is -2.36. The third-order valence-electron chi connectivity index (χ3n) is 4.80. The van der Waals surface area contributed by atoms with Crippen LogP contribution in [0.3, 0.4) is 0 Å². The van der Waals surface area contributed by atoms with Gasteiger partial charge in [0.1, 0.15) is 11.5 Å². The third-order valence-corrected chi connectivity index (χ3v) is 4.80. The molecule has 0 radical (unpaired) electrons. The maximum atomic E-state index is 12.8. The Morgan fingerprint density at radius 2 is 1.59 bits per heavy atom. The normalized spacial score (nSPS) is 14.7. The zero-order chi connectivity index (χ0) is 19.8. The van der Waals surface area contributed by atoms with E-state index in [4.69, 9.17) is 9.47 Å². The van der Waals surface area contributed by atoms with E-state index in [1.54, 1.807) is 12.1 Å². The number of nitrogens with zero attached hydrogens (tertiary/aromatic N) is 1. The summed E-state index contributed by atoms with van der Waals surface area (Å²) < 4.78 is 10.7.